The van der Waals surface area contributed by atoms with Gasteiger partial charge in [0.05, 0.1) is 4.58 Å². The van der Waals surface area contributed by atoms with Crippen LogP contribution in [0.5, 0.6) is 0 Å². The summed E-state index contributed by atoms with van der Waals surface area (Å²) in [6, 6.07) is 8.76. The van der Waals surface area contributed by atoms with E-state index in [0.29, 0.717) is 10.00 Å². The van der Waals surface area contributed by atoms with Crippen molar-refractivity contribution in [3.05, 3.63) is 35.4 Å². The lowest BCUT2D eigenvalue weighted by atomic mass is 9.83. The lowest BCUT2D eigenvalue weighted by molar-refractivity contribution is 0.292. The maximum atomic E-state index is 3.10. The Labute approximate surface area is 126 Å². The highest BCUT2D eigenvalue weighted by molar-refractivity contribution is 8.16. The van der Waals surface area contributed by atoms with Crippen molar-refractivity contribution >= 4 is 23.5 Å². The Morgan fingerprint density at radius 1 is 1.05 bits per heavy atom. The van der Waals surface area contributed by atoms with Crippen molar-refractivity contribution in [2.45, 2.75) is 32.3 Å². The summed E-state index contributed by atoms with van der Waals surface area (Å²) in [4.78, 5) is 0. The minimum atomic E-state index is 0.436. The van der Waals surface area contributed by atoms with E-state index in [9.17, 15) is 0 Å². The number of thioether (sulfide) groups is 2. The first kappa shape index (κ1) is 14.9. The van der Waals surface area contributed by atoms with Gasteiger partial charge in [-0.1, -0.05) is 38.8 Å². The normalized spacial score (nSPS) is 23.6. The van der Waals surface area contributed by atoms with Gasteiger partial charge in [0.1, 0.15) is 0 Å². The van der Waals surface area contributed by atoms with Crippen molar-refractivity contribution in [3.8, 4) is 11.8 Å². The first-order chi connectivity index (χ1) is 9.00. The van der Waals surface area contributed by atoms with Gasteiger partial charge in [-0.15, -0.1) is 29.4 Å². The van der Waals surface area contributed by atoms with Gasteiger partial charge < -0.3 is 0 Å². The number of benzene rings is 1. The van der Waals surface area contributed by atoms with Crippen LogP contribution >= 0.6 is 23.5 Å². The second-order valence-corrected chi connectivity index (χ2v) is 8.63. The Hall–Kier alpha value is -0.520. The van der Waals surface area contributed by atoms with Crippen LogP contribution in [-0.2, 0) is 0 Å². The molecule has 19 heavy (non-hydrogen) atoms. The molecular weight excluding hydrogens is 268 g/mol. The molecule has 0 radical (unpaired) electrons. The molecule has 0 saturated carbocycles. The summed E-state index contributed by atoms with van der Waals surface area (Å²) >= 11 is 4.19. The fourth-order valence-electron chi connectivity index (χ4n) is 2.06. The largest absolute Gasteiger partial charge is 0.142 e. The van der Waals surface area contributed by atoms with E-state index in [1.807, 2.05) is 6.92 Å². The third kappa shape index (κ3) is 3.97. The number of rotatable bonds is 1. The topological polar surface area (TPSA) is 0 Å². The highest BCUT2D eigenvalue weighted by Gasteiger charge is 2.31. The second-order valence-electron chi connectivity index (χ2n) is 6.06. The molecule has 0 amide bonds. The predicted molar refractivity (Wildman–Crippen MR) is 89.6 cm³/mol. The summed E-state index contributed by atoms with van der Waals surface area (Å²) in [5, 5.41) is 0. The van der Waals surface area contributed by atoms with Crippen molar-refractivity contribution < 1.29 is 0 Å². The van der Waals surface area contributed by atoms with Crippen LogP contribution < -0.4 is 0 Å². The van der Waals surface area contributed by atoms with Crippen molar-refractivity contribution in [1.29, 1.82) is 0 Å². The molecular formula is C17H22S2. The van der Waals surface area contributed by atoms with Gasteiger partial charge >= 0.3 is 0 Å². The first-order valence-corrected chi connectivity index (χ1v) is 8.86. The van der Waals surface area contributed by atoms with Crippen molar-refractivity contribution in [1.82, 2.24) is 0 Å². The smallest absolute Gasteiger partial charge is 0.0751 e. The summed E-state index contributed by atoms with van der Waals surface area (Å²) in [6.07, 6.45) is 0. The molecule has 1 aromatic carbocycles. The molecule has 1 aromatic rings. The van der Waals surface area contributed by atoms with Crippen LogP contribution in [-0.4, -0.2) is 11.5 Å². The standard InChI is InChI=1S/C17H22S2/c1-5-6-13-7-9-14(10-8-13)16-18-11-15(12-19-16)17(2,3)4/h7-10,15-16H,11-12H2,1-4H3. The van der Waals surface area contributed by atoms with Crippen LogP contribution in [0.1, 0.15) is 43.4 Å². The monoisotopic (exact) mass is 290 g/mol. The van der Waals surface area contributed by atoms with Crippen LogP contribution in [0, 0.1) is 23.2 Å². The molecule has 1 aliphatic rings. The van der Waals surface area contributed by atoms with Crippen LogP contribution in [0.4, 0.5) is 0 Å². The van der Waals surface area contributed by atoms with Crippen LogP contribution in [0.3, 0.4) is 0 Å². The van der Waals surface area contributed by atoms with Gasteiger partial charge in [-0.05, 0) is 47.5 Å². The molecule has 0 aliphatic carbocycles. The van der Waals surface area contributed by atoms with Gasteiger partial charge in [0, 0.05) is 5.56 Å². The number of hydrogen-bond donors (Lipinski definition) is 0. The van der Waals surface area contributed by atoms with Gasteiger partial charge in [0.2, 0.25) is 0 Å². The summed E-state index contributed by atoms with van der Waals surface area (Å²) in [6.45, 7) is 8.96. The average molecular weight is 290 g/mol. The van der Waals surface area contributed by atoms with E-state index in [4.69, 9.17) is 0 Å². The molecule has 1 fully saturated rings. The van der Waals surface area contributed by atoms with Gasteiger partial charge in [-0.25, -0.2) is 0 Å². The highest BCUT2D eigenvalue weighted by atomic mass is 32.2. The van der Waals surface area contributed by atoms with Gasteiger partial charge in [-0.2, -0.15) is 0 Å². The van der Waals surface area contributed by atoms with Gasteiger partial charge in [0.25, 0.3) is 0 Å². The average Bonchev–Trinajstić information content (AvgIpc) is 2.39. The van der Waals surface area contributed by atoms with E-state index in [2.05, 4.69) is 80.4 Å². The Morgan fingerprint density at radius 2 is 1.63 bits per heavy atom. The molecule has 0 N–H and O–H groups in total. The predicted octanol–water partition coefficient (Wildman–Crippen LogP) is 5.20. The summed E-state index contributed by atoms with van der Waals surface area (Å²) in [7, 11) is 0. The molecule has 0 spiro atoms. The molecule has 1 aliphatic heterocycles. The first-order valence-electron chi connectivity index (χ1n) is 6.76. The van der Waals surface area contributed by atoms with Crippen molar-refractivity contribution in [2.75, 3.05) is 11.5 Å². The molecule has 2 heteroatoms. The lowest BCUT2D eigenvalue weighted by Crippen LogP contribution is -2.27. The van der Waals surface area contributed by atoms with E-state index >= 15 is 0 Å². The second kappa shape index (κ2) is 6.29. The zero-order chi connectivity index (χ0) is 13.9. The highest BCUT2D eigenvalue weighted by Crippen LogP contribution is 2.49. The molecule has 1 saturated heterocycles. The third-order valence-corrected chi connectivity index (χ3v) is 6.73. The molecule has 0 bridgehead atoms. The third-order valence-electron chi connectivity index (χ3n) is 3.57. The summed E-state index contributed by atoms with van der Waals surface area (Å²) in [5.41, 5.74) is 2.99. The minimum absolute atomic E-state index is 0.436. The van der Waals surface area contributed by atoms with E-state index in [0.717, 1.165) is 11.5 Å². The van der Waals surface area contributed by atoms with E-state index in [-0.39, 0.29) is 0 Å². The molecule has 102 valence electrons. The molecule has 0 nitrogen and oxygen atoms in total. The molecule has 0 unspecified atom stereocenters. The van der Waals surface area contributed by atoms with E-state index in [1.165, 1.54) is 17.1 Å². The quantitative estimate of drug-likeness (QED) is 0.652. The minimum Gasteiger partial charge on any atom is -0.142 e. The molecule has 0 atom stereocenters. The zero-order valence-electron chi connectivity index (χ0n) is 12.2. The molecule has 0 aromatic heterocycles. The molecule has 1 heterocycles. The fourth-order valence-corrected chi connectivity index (χ4v) is 5.82. The Morgan fingerprint density at radius 3 is 2.11 bits per heavy atom. The van der Waals surface area contributed by atoms with Gasteiger partial charge in [0.15, 0.2) is 0 Å². The van der Waals surface area contributed by atoms with E-state index in [1.54, 1.807) is 0 Å². The maximum Gasteiger partial charge on any atom is 0.0751 e. The Bertz CT molecular complexity index is 463. The van der Waals surface area contributed by atoms with Crippen molar-refractivity contribution in [3.63, 3.8) is 0 Å². The van der Waals surface area contributed by atoms with E-state index < -0.39 is 0 Å². The van der Waals surface area contributed by atoms with Crippen LogP contribution in [0.15, 0.2) is 24.3 Å². The fraction of sp³-hybridized carbons (Fsp3) is 0.529. The summed E-state index contributed by atoms with van der Waals surface area (Å²) in [5.74, 6) is 9.42. The Balaban J connectivity index is 1.99. The number of hydrogen-bond acceptors (Lipinski definition) is 2. The van der Waals surface area contributed by atoms with Crippen LogP contribution in [0.25, 0.3) is 0 Å². The maximum absolute atomic E-state index is 3.10. The van der Waals surface area contributed by atoms with Crippen LogP contribution in [0.2, 0.25) is 0 Å². The Kier molecular flexibility index (Phi) is 4.92. The summed E-state index contributed by atoms with van der Waals surface area (Å²) < 4.78 is 0.599. The SMILES string of the molecule is CC#Cc1ccc(C2SCC(C(C)(C)C)CS2)cc1. The zero-order valence-corrected chi connectivity index (χ0v) is 13.8. The van der Waals surface area contributed by atoms with Crippen molar-refractivity contribution in [2.24, 2.45) is 11.3 Å². The van der Waals surface area contributed by atoms with Gasteiger partial charge in [-0.3, -0.25) is 0 Å². The lowest BCUT2D eigenvalue weighted by Gasteiger charge is -2.36. The molecule has 2 rings (SSSR count).